The number of rotatable bonds is 12. The van der Waals surface area contributed by atoms with Crippen molar-refractivity contribution in [1.82, 2.24) is 15.5 Å². The van der Waals surface area contributed by atoms with Crippen molar-refractivity contribution in [2.75, 3.05) is 31.6 Å². The molecule has 3 N–H and O–H groups in total. The zero-order valence-electron chi connectivity index (χ0n) is 21.7. The highest BCUT2D eigenvalue weighted by Crippen LogP contribution is 2.32. The summed E-state index contributed by atoms with van der Waals surface area (Å²) in [5.41, 5.74) is 0.549. The zero-order valence-corrected chi connectivity index (χ0v) is 21.7. The maximum Gasteiger partial charge on any atom is 0.407 e. The molecule has 0 bridgehead atoms. The van der Waals surface area contributed by atoms with Crippen LogP contribution in [0.25, 0.3) is 0 Å². The highest BCUT2D eigenvalue weighted by atomic mass is 16.6. The molecule has 1 aromatic carbocycles. The van der Waals surface area contributed by atoms with E-state index in [-0.39, 0.29) is 24.0 Å². The molecular weight excluding hydrogens is 480 g/mol. The fraction of sp³-hybridized carbons (Fsp3) is 0.577. The minimum atomic E-state index is -0.983. The summed E-state index contributed by atoms with van der Waals surface area (Å²) in [6.45, 7) is 7.77. The molecule has 1 aromatic rings. The Balaban J connectivity index is 1.34. The number of hydrogen-bond donors (Lipinski definition) is 3. The number of nitrogens with zero attached hydrogens (tertiary/aromatic N) is 1. The predicted octanol–water partition coefficient (Wildman–Crippen LogP) is 2.60. The second kappa shape index (κ2) is 12.7. The Morgan fingerprint density at radius 2 is 1.73 bits per heavy atom. The fourth-order valence-electron chi connectivity index (χ4n) is 4.15. The van der Waals surface area contributed by atoms with Crippen LogP contribution in [-0.2, 0) is 19.1 Å². The average molecular weight is 517 g/mol. The molecule has 1 atom stereocenters. The largest absolute Gasteiger partial charge is 0.444 e. The number of carbonyl (C=O) groups is 5. The number of ether oxygens (including phenoxy) is 2. The normalized spacial score (nSPS) is 17.5. The first-order chi connectivity index (χ1) is 17.6. The van der Waals surface area contributed by atoms with Crippen LogP contribution < -0.4 is 16.0 Å². The van der Waals surface area contributed by atoms with Crippen LogP contribution in [0.1, 0.15) is 80.0 Å². The molecule has 11 nitrogen and oxygen atoms in total. The van der Waals surface area contributed by atoms with Gasteiger partial charge in [0.1, 0.15) is 11.6 Å². The van der Waals surface area contributed by atoms with Crippen LogP contribution in [0.5, 0.6) is 0 Å². The van der Waals surface area contributed by atoms with Gasteiger partial charge in [0.15, 0.2) is 0 Å². The van der Waals surface area contributed by atoms with Crippen LogP contribution in [0, 0.1) is 0 Å². The van der Waals surface area contributed by atoms with Crippen molar-refractivity contribution in [2.24, 2.45) is 0 Å². The third-order valence-corrected chi connectivity index (χ3v) is 5.88. The van der Waals surface area contributed by atoms with E-state index in [1.807, 2.05) is 20.8 Å². The number of hydrogen-bond acceptors (Lipinski definition) is 8. The third-order valence-electron chi connectivity index (χ3n) is 5.88. The summed E-state index contributed by atoms with van der Waals surface area (Å²) in [6.07, 6.45) is 3.02. The lowest BCUT2D eigenvalue weighted by molar-refractivity contribution is -0.136. The van der Waals surface area contributed by atoms with Gasteiger partial charge in [0.2, 0.25) is 11.8 Å². The Bertz CT molecular complexity index is 1030. The average Bonchev–Trinajstić information content (AvgIpc) is 3.07. The lowest BCUT2D eigenvalue weighted by atomic mass is 10.0. The van der Waals surface area contributed by atoms with E-state index in [9.17, 15) is 24.0 Å². The van der Waals surface area contributed by atoms with Gasteiger partial charge in [0.25, 0.3) is 11.8 Å². The van der Waals surface area contributed by atoms with Crippen LogP contribution in [-0.4, -0.2) is 72.6 Å². The number of amides is 5. The minimum Gasteiger partial charge on any atom is -0.444 e. The summed E-state index contributed by atoms with van der Waals surface area (Å²) in [5.74, 6) is -2.08. The molecule has 2 heterocycles. The van der Waals surface area contributed by atoms with Gasteiger partial charge in [-0.05, 0) is 65.0 Å². The second-order valence-corrected chi connectivity index (χ2v) is 10.1. The molecule has 11 heteroatoms. The zero-order chi connectivity index (χ0) is 27.0. The maximum atomic E-state index is 13.1. The number of fused-ring (bicyclic) bond motifs is 1. The number of benzene rings is 1. The van der Waals surface area contributed by atoms with E-state index in [2.05, 4.69) is 16.0 Å². The van der Waals surface area contributed by atoms with Gasteiger partial charge in [-0.2, -0.15) is 0 Å². The van der Waals surface area contributed by atoms with Gasteiger partial charge in [0, 0.05) is 38.4 Å². The van der Waals surface area contributed by atoms with Crippen LogP contribution >= 0.6 is 0 Å². The van der Waals surface area contributed by atoms with Gasteiger partial charge in [-0.1, -0.05) is 6.07 Å². The molecule has 0 saturated carbocycles. The number of nitrogens with one attached hydrogen (secondary N) is 3. The Morgan fingerprint density at radius 1 is 1.03 bits per heavy atom. The third kappa shape index (κ3) is 7.75. The van der Waals surface area contributed by atoms with Crippen LogP contribution in [0.15, 0.2) is 18.2 Å². The van der Waals surface area contributed by atoms with Crippen LogP contribution in [0.3, 0.4) is 0 Å². The Hall–Kier alpha value is -3.47. The summed E-state index contributed by atoms with van der Waals surface area (Å²) >= 11 is 0. The molecule has 2 aliphatic rings. The van der Waals surface area contributed by atoms with Gasteiger partial charge >= 0.3 is 6.09 Å². The van der Waals surface area contributed by atoms with Crippen molar-refractivity contribution in [1.29, 1.82) is 0 Å². The Labute approximate surface area is 216 Å². The van der Waals surface area contributed by atoms with Crippen LogP contribution in [0.4, 0.5) is 10.5 Å². The van der Waals surface area contributed by atoms with Gasteiger partial charge in [0.05, 0.1) is 11.1 Å². The van der Waals surface area contributed by atoms with Crippen molar-refractivity contribution >= 4 is 35.4 Å². The van der Waals surface area contributed by atoms with E-state index >= 15 is 0 Å². The monoisotopic (exact) mass is 516 g/mol. The number of piperidine rings is 1. The second-order valence-electron chi connectivity index (χ2n) is 10.1. The summed E-state index contributed by atoms with van der Waals surface area (Å²) in [5, 5.41) is 8.14. The molecule has 2 aliphatic heterocycles. The first-order valence-electron chi connectivity index (χ1n) is 12.7. The van der Waals surface area contributed by atoms with E-state index < -0.39 is 41.4 Å². The molecule has 37 heavy (non-hydrogen) atoms. The smallest absolute Gasteiger partial charge is 0.407 e. The van der Waals surface area contributed by atoms with E-state index in [1.54, 1.807) is 18.2 Å². The molecule has 0 spiro atoms. The first kappa shape index (κ1) is 28.1. The van der Waals surface area contributed by atoms with E-state index in [1.165, 1.54) is 0 Å². The van der Waals surface area contributed by atoms with E-state index in [0.29, 0.717) is 32.0 Å². The first-order valence-corrected chi connectivity index (χ1v) is 12.7. The minimum absolute atomic E-state index is 0.0833. The number of unbranched alkanes of at least 4 members (excludes halogenated alkanes) is 2. The van der Waals surface area contributed by atoms with E-state index in [4.69, 9.17) is 9.47 Å². The summed E-state index contributed by atoms with van der Waals surface area (Å²) in [4.78, 5) is 62.2. The number of anilines is 1. The molecule has 5 amide bonds. The molecule has 3 rings (SSSR count). The Kier molecular flexibility index (Phi) is 9.62. The quantitative estimate of drug-likeness (QED) is 0.284. The fourth-order valence-corrected chi connectivity index (χ4v) is 4.15. The van der Waals surface area contributed by atoms with Crippen molar-refractivity contribution in [2.45, 2.75) is 70.9 Å². The highest BCUT2D eigenvalue weighted by molar-refractivity contribution is 6.25. The van der Waals surface area contributed by atoms with E-state index in [0.717, 1.165) is 30.6 Å². The standard InChI is InChI=1S/C26H36N4O7/c1-26(2,3)37-25(35)28-14-5-7-16-36-15-6-4-13-27-18-10-8-9-17-21(18)24(34)30(23(17)33)19-11-12-20(31)29-22(19)32/h8-10,19,27H,4-7,11-16H2,1-3H3,(H,28,35)(H,29,31,32). The van der Waals surface area contributed by atoms with Crippen LogP contribution in [0.2, 0.25) is 0 Å². The van der Waals surface area contributed by atoms with Gasteiger partial charge < -0.3 is 20.1 Å². The topological polar surface area (TPSA) is 143 Å². The molecule has 0 aliphatic carbocycles. The number of alkyl carbamates (subject to hydrolysis) is 1. The van der Waals surface area contributed by atoms with Crippen molar-refractivity contribution in [3.05, 3.63) is 29.3 Å². The van der Waals surface area contributed by atoms with Crippen molar-refractivity contribution in [3.8, 4) is 0 Å². The Morgan fingerprint density at radius 3 is 2.41 bits per heavy atom. The summed E-state index contributed by atoms with van der Waals surface area (Å²) < 4.78 is 10.8. The lowest BCUT2D eigenvalue weighted by Crippen LogP contribution is -2.54. The maximum absolute atomic E-state index is 13.1. The lowest BCUT2D eigenvalue weighted by Gasteiger charge is -2.27. The molecular formula is C26H36N4O7. The molecule has 1 unspecified atom stereocenters. The highest BCUT2D eigenvalue weighted by Gasteiger charge is 2.45. The van der Waals surface area contributed by atoms with Crippen molar-refractivity contribution in [3.63, 3.8) is 0 Å². The van der Waals surface area contributed by atoms with Gasteiger partial charge in [-0.25, -0.2) is 4.79 Å². The molecule has 0 radical (unpaired) electrons. The SMILES string of the molecule is CC(C)(C)OC(=O)NCCCCOCCCCNc1cccc2c1C(=O)N(C1CCC(=O)NC1=O)C2=O. The van der Waals surface area contributed by atoms with Gasteiger partial charge in [-0.3, -0.25) is 29.4 Å². The molecule has 0 aromatic heterocycles. The summed E-state index contributed by atoms with van der Waals surface area (Å²) in [7, 11) is 0. The molecule has 1 saturated heterocycles. The number of carbonyl (C=O) groups excluding carboxylic acids is 5. The van der Waals surface area contributed by atoms with Gasteiger partial charge in [-0.15, -0.1) is 0 Å². The number of imide groups is 2. The predicted molar refractivity (Wildman–Crippen MR) is 135 cm³/mol. The molecule has 202 valence electrons. The summed E-state index contributed by atoms with van der Waals surface area (Å²) in [6, 6.07) is 4.02. The molecule has 1 fully saturated rings. The van der Waals surface area contributed by atoms with Crippen molar-refractivity contribution < 1.29 is 33.4 Å².